The quantitative estimate of drug-likeness (QED) is 0.777. The lowest BCUT2D eigenvalue weighted by Crippen LogP contribution is -2.41. The minimum absolute atomic E-state index is 0.291. The van der Waals surface area contributed by atoms with Crippen LogP contribution in [0.4, 0.5) is 0 Å². The molecule has 0 N–H and O–H groups in total. The number of hydrogen-bond donors (Lipinski definition) is 0. The maximum atomic E-state index is 6.18. The highest BCUT2D eigenvalue weighted by atomic mass is 16.7. The van der Waals surface area contributed by atoms with Gasteiger partial charge in [0.2, 0.25) is 0 Å². The number of rotatable bonds is 2. The summed E-state index contributed by atoms with van der Waals surface area (Å²) in [4.78, 5) is 0. The maximum absolute atomic E-state index is 6.18. The molecule has 122 valence electrons. The van der Waals surface area contributed by atoms with Crippen LogP contribution in [-0.2, 0) is 15.7 Å². The molecule has 0 radical (unpaired) electrons. The van der Waals surface area contributed by atoms with Crippen molar-refractivity contribution in [3.05, 3.63) is 65.2 Å². The fourth-order valence-electron chi connectivity index (χ4n) is 3.33. The van der Waals surface area contributed by atoms with Crippen LogP contribution in [0.25, 0.3) is 11.6 Å². The van der Waals surface area contributed by atoms with Crippen molar-refractivity contribution in [3.8, 4) is 0 Å². The molecule has 1 aliphatic carbocycles. The van der Waals surface area contributed by atoms with Crippen LogP contribution in [0.1, 0.15) is 44.4 Å². The van der Waals surface area contributed by atoms with Crippen LogP contribution in [0.5, 0.6) is 0 Å². The summed E-state index contributed by atoms with van der Waals surface area (Å²) in [6.07, 6.45) is 3.26. The zero-order valence-corrected chi connectivity index (χ0v) is 14.8. The molecule has 3 heteroatoms. The van der Waals surface area contributed by atoms with E-state index < -0.39 is 0 Å². The molecular weight excluding hydrogens is 295 g/mol. The van der Waals surface area contributed by atoms with E-state index in [1.54, 1.807) is 0 Å². The van der Waals surface area contributed by atoms with Crippen LogP contribution in [0, 0.1) is 0 Å². The van der Waals surface area contributed by atoms with Crippen molar-refractivity contribution in [2.24, 2.45) is 0 Å². The minimum atomic E-state index is -0.301. The SMILES string of the molecule is CC1(C)OB(c2ccc3c(c2)CC(c2ccccc2)=C3)OC1(C)C. The third-order valence-electron chi connectivity index (χ3n) is 5.55. The van der Waals surface area contributed by atoms with Gasteiger partial charge in [-0.15, -0.1) is 0 Å². The van der Waals surface area contributed by atoms with Gasteiger partial charge in [-0.2, -0.15) is 0 Å². The summed E-state index contributed by atoms with van der Waals surface area (Å²) in [6.45, 7) is 8.37. The molecule has 4 rings (SSSR count). The van der Waals surface area contributed by atoms with E-state index in [2.05, 4.69) is 82.3 Å². The molecule has 0 aromatic heterocycles. The molecule has 2 aliphatic rings. The van der Waals surface area contributed by atoms with Crippen molar-refractivity contribution < 1.29 is 9.31 Å². The first-order chi connectivity index (χ1) is 11.4. The van der Waals surface area contributed by atoms with Crippen LogP contribution >= 0.6 is 0 Å². The minimum Gasteiger partial charge on any atom is -0.399 e. The summed E-state index contributed by atoms with van der Waals surface area (Å²) in [5.41, 5.74) is 5.82. The van der Waals surface area contributed by atoms with E-state index in [9.17, 15) is 0 Å². The smallest absolute Gasteiger partial charge is 0.399 e. The second-order valence-corrected chi connectivity index (χ2v) is 7.76. The van der Waals surface area contributed by atoms with E-state index >= 15 is 0 Å². The second-order valence-electron chi connectivity index (χ2n) is 7.76. The van der Waals surface area contributed by atoms with Crippen molar-refractivity contribution in [1.82, 2.24) is 0 Å². The fourth-order valence-corrected chi connectivity index (χ4v) is 3.33. The molecule has 1 fully saturated rings. The summed E-state index contributed by atoms with van der Waals surface area (Å²) in [7, 11) is -0.291. The van der Waals surface area contributed by atoms with Gasteiger partial charge in [0, 0.05) is 0 Å². The standard InChI is InChI=1S/C21H23BO2/c1-20(2)21(3,4)24-22(23-20)19-11-10-16-12-17(13-18(16)14-19)15-8-6-5-7-9-15/h5-12,14H,13H2,1-4H3. The van der Waals surface area contributed by atoms with Crippen LogP contribution in [0.2, 0.25) is 0 Å². The third-order valence-corrected chi connectivity index (χ3v) is 5.55. The molecular formula is C21H23BO2. The molecule has 0 bridgehead atoms. The zero-order chi connectivity index (χ0) is 16.9. The van der Waals surface area contributed by atoms with E-state index in [1.807, 2.05) is 0 Å². The Kier molecular flexibility index (Phi) is 3.49. The molecule has 1 aliphatic heterocycles. The van der Waals surface area contributed by atoms with Crippen molar-refractivity contribution in [2.45, 2.75) is 45.3 Å². The highest BCUT2D eigenvalue weighted by Crippen LogP contribution is 2.37. The van der Waals surface area contributed by atoms with Crippen LogP contribution in [0.15, 0.2) is 48.5 Å². The van der Waals surface area contributed by atoms with Gasteiger partial charge in [-0.1, -0.05) is 54.6 Å². The van der Waals surface area contributed by atoms with Crippen LogP contribution < -0.4 is 5.46 Å². The molecule has 0 unspecified atom stereocenters. The highest BCUT2D eigenvalue weighted by Gasteiger charge is 2.51. The topological polar surface area (TPSA) is 18.5 Å². The number of benzene rings is 2. The second kappa shape index (κ2) is 5.33. The van der Waals surface area contributed by atoms with Gasteiger partial charge in [0.25, 0.3) is 0 Å². The molecule has 0 spiro atoms. The maximum Gasteiger partial charge on any atom is 0.494 e. The first kappa shape index (κ1) is 15.7. The van der Waals surface area contributed by atoms with Crippen LogP contribution in [0.3, 0.4) is 0 Å². The lowest BCUT2D eigenvalue weighted by atomic mass is 9.78. The molecule has 2 aromatic rings. The molecule has 2 nitrogen and oxygen atoms in total. The van der Waals surface area contributed by atoms with E-state index in [1.165, 1.54) is 22.3 Å². The number of hydrogen-bond acceptors (Lipinski definition) is 2. The Balaban J connectivity index is 1.59. The zero-order valence-electron chi connectivity index (χ0n) is 14.8. The van der Waals surface area contributed by atoms with Gasteiger partial charge in [-0.3, -0.25) is 0 Å². The van der Waals surface area contributed by atoms with Gasteiger partial charge in [0.1, 0.15) is 0 Å². The molecule has 0 amide bonds. The van der Waals surface area contributed by atoms with Gasteiger partial charge in [0.15, 0.2) is 0 Å². The lowest BCUT2D eigenvalue weighted by molar-refractivity contribution is 0.00578. The molecule has 2 aromatic carbocycles. The van der Waals surface area contributed by atoms with Gasteiger partial charge >= 0.3 is 7.12 Å². The Morgan fingerprint density at radius 2 is 1.54 bits per heavy atom. The molecule has 0 atom stereocenters. The molecule has 1 heterocycles. The Labute approximate surface area is 144 Å². The van der Waals surface area contributed by atoms with Crippen LogP contribution in [-0.4, -0.2) is 18.3 Å². The summed E-state index contributed by atoms with van der Waals surface area (Å²) in [5, 5.41) is 0. The van der Waals surface area contributed by atoms with E-state index in [-0.39, 0.29) is 18.3 Å². The Bertz CT molecular complexity index is 790. The predicted octanol–water partition coefficient (Wildman–Crippen LogP) is 4.08. The van der Waals surface area contributed by atoms with Crippen molar-refractivity contribution >= 4 is 24.2 Å². The lowest BCUT2D eigenvalue weighted by Gasteiger charge is -2.32. The largest absolute Gasteiger partial charge is 0.494 e. The van der Waals surface area contributed by atoms with Gasteiger partial charge < -0.3 is 9.31 Å². The summed E-state index contributed by atoms with van der Waals surface area (Å²) in [5.74, 6) is 0. The Hall–Kier alpha value is -1.84. The Morgan fingerprint density at radius 1 is 0.875 bits per heavy atom. The highest BCUT2D eigenvalue weighted by molar-refractivity contribution is 6.62. The van der Waals surface area contributed by atoms with Gasteiger partial charge in [-0.05, 0) is 61.8 Å². The van der Waals surface area contributed by atoms with Crippen molar-refractivity contribution in [3.63, 3.8) is 0 Å². The summed E-state index contributed by atoms with van der Waals surface area (Å²) >= 11 is 0. The fraction of sp³-hybridized carbons (Fsp3) is 0.333. The summed E-state index contributed by atoms with van der Waals surface area (Å²) in [6, 6.07) is 17.1. The normalized spacial score (nSPS) is 20.8. The Morgan fingerprint density at radius 3 is 2.21 bits per heavy atom. The first-order valence-electron chi connectivity index (χ1n) is 8.60. The number of allylic oxidation sites excluding steroid dienone is 1. The molecule has 0 saturated carbocycles. The van der Waals surface area contributed by atoms with Crippen molar-refractivity contribution in [2.75, 3.05) is 0 Å². The monoisotopic (exact) mass is 318 g/mol. The number of fused-ring (bicyclic) bond motifs is 1. The molecule has 24 heavy (non-hydrogen) atoms. The third kappa shape index (κ3) is 2.52. The van der Waals surface area contributed by atoms with E-state index in [0.717, 1.165) is 11.9 Å². The first-order valence-corrected chi connectivity index (χ1v) is 8.60. The van der Waals surface area contributed by atoms with Crippen molar-refractivity contribution in [1.29, 1.82) is 0 Å². The average molecular weight is 318 g/mol. The molecule has 1 saturated heterocycles. The van der Waals surface area contributed by atoms with E-state index in [4.69, 9.17) is 9.31 Å². The van der Waals surface area contributed by atoms with E-state index in [0.29, 0.717) is 0 Å². The average Bonchev–Trinajstić information content (AvgIpc) is 3.06. The van der Waals surface area contributed by atoms with Gasteiger partial charge in [-0.25, -0.2) is 0 Å². The predicted molar refractivity (Wildman–Crippen MR) is 100 cm³/mol. The summed E-state index contributed by atoms with van der Waals surface area (Å²) < 4.78 is 12.4. The van der Waals surface area contributed by atoms with Gasteiger partial charge in [0.05, 0.1) is 11.2 Å².